The molecular weight excluding hydrogens is 339 g/mol. The molecule has 3 rings (SSSR count). The number of H-pyrrole nitrogens is 1. The minimum atomic E-state index is -0.0623. The van der Waals surface area contributed by atoms with Crippen molar-refractivity contribution in [2.75, 3.05) is 5.75 Å². The van der Waals surface area contributed by atoms with Crippen LogP contribution in [0.25, 0.3) is 15.6 Å². The standard InChI is InChI=1S/C13H14N4OSSe/c1-8(2)7-19-13-14-12(15-16-13)17-11(18)9-5-3-4-6-10(9)20-17/h3-6,8H,7H2,1-2H3,(H,14,15,16). The van der Waals surface area contributed by atoms with E-state index in [1.165, 1.54) is 0 Å². The molecule has 0 unspecified atom stereocenters. The number of fused-ring (bicyclic) bond motifs is 1. The van der Waals surface area contributed by atoms with E-state index in [1.54, 1.807) is 15.3 Å². The number of nitrogens with zero attached hydrogens (tertiary/aromatic N) is 3. The van der Waals surface area contributed by atoms with E-state index in [-0.39, 0.29) is 20.3 Å². The molecule has 0 saturated carbocycles. The normalized spacial score (nSPS) is 11.6. The van der Waals surface area contributed by atoms with Crippen molar-refractivity contribution in [3.8, 4) is 5.95 Å². The Bertz CT molecular complexity index is 789. The van der Waals surface area contributed by atoms with Crippen LogP contribution in [0.4, 0.5) is 0 Å². The SMILES string of the molecule is CC(C)CSc1n[nH]c(-n2[se]c3ccccc3c2=O)n1. The zero-order chi connectivity index (χ0) is 14.1. The predicted octanol–water partition coefficient (Wildman–Crippen LogP) is 1.91. The Labute approximate surface area is 126 Å². The fourth-order valence-electron chi connectivity index (χ4n) is 1.75. The number of nitrogens with one attached hydrogen (secondary N) is 1. The van der Waals surface area contributed by atoms with Crippen LogP contribution in [0.3, 0.4) is 0 Å². The molecule has 7 heteroatoms. The van der Waals surface area contributed by atoms with Gasteiger partial charge in [0.05, 0.1) is 0 Å². The van der Waals surface area contributed by atoms with E-state index in [2.05, 4.69) is 29.0 Å². The molecule has 20 heavy (non-hydrogen) atoms. The van der Waals surface area contributed by atoms with Crippen molar-refractivity contribution in [2.24, 2.45) is 5.92 Å². The number of hydrogen-bond acceptors (Lipinski definition) is 4. The Hall–Kier alpha value is -1.30. The molecule has 2 heterocycles. The van der Waals surface area contributed by atoms with Crippen molar-refractivity contribution in [1.82, 2.24) is 18.7 Å². The summed E-state index contributed by atoms with van der Waals surface area (Å²) in [6, 6.07) is 7.71. The topological polar surface area (TPSA) is 63.6 Å². The average Bonchev–Trinajstić information content (AvgIpc) is 3.02. The number of benzene rings is 1. The van der Waals surface area contributed by atoms with Gasteiger partial charge in [-0.15, -0.1) is 0 Å². The van der Waals surface area contributed by atoms with Gasteiger partial charge in [0.1, 0.15) is 0 Å². The maximum absolute atomic E-state index is 12.3. The Balaban J connectivity index is 1.95. The molecule has 0 spiro atoms. The van der Waals surface area contributed by atoms with E-state index in [9.17, 15) is 4.79 Å². The molecule has 0 amide bonds. The van der Waals surface area contributed by atoms with Gasteiger partial charge in [-0.2, -0.15) is 0 Å². The van der Waals surface area contributed by atoms with Gasteiger partial charge < -0.3 is 0 Å². The number of aromatic amines is 1. The van der Waals surface area contributed by atoms with Crippen molar-refractivity contribution in [3.63, 3.8) is 0 Å². The number of hydrogen-bond donors (Lipinski definition) is 1. The Kier molecular flexibility index (Phi) is 3.83. The van der Waals surface area contributed by atoms with Crippen LogP contribution in [0, 0.1) is 5.92 Å². The predicted molar refractivity (Wildman–Crippen MR) is 82.0 cm³/mol. The van der Waals surface area contributed by atoms with Crippen molar-refractivity contribution in [3.05, 3.63) is 34.6 Å². The Morgan fingerprint density at radius 1 is 1.40 bits per heavy atom. The van der Waals surface area contributed by atoms with Gasteiger partial charge in [0.25, 0.3) is 0 Å². The van der Waals surface area contributed by atoms with Crippen molar-refractivity contribution < 1.29 is 0 Å². The van der Waals surface area contributed by atoms with Crippen LogP contribution in [0.2, 0.25) is 0 Å². The minimum absolute atomic E-state index is 0.0113. The summed E-state index contributed by atoms with van der Waals surface area (Å²) in [7, 11) is 0. The fraction of sp³-hybridized carbons (Fsp3) is 0.308. The first-order valence-electron chi connectivity index (χ1n) is 6.32. The molecule has 0 aliphatic carbocycles. The van der Waals surface area contributed by atoms with E-state index >= 15 is 0 Å². The molecule has 2 aromatic heterocycles. The first kappa shape index (κ1) is 13.7. The summed E-state index contributed by atoms with van der Waals surface area (Å²) in [5.41, 5.74) is 0.0113. The summed E-state index contributed by atoms with van der Waals surface area (Å²) in [5, 5.41) is 8.53. The van der Waals surface area contributed by atoms with Gasteiger partial charge in [-0.05, 0) is 0 Å². The van der Waals surface area contributed by atoms with Crippen LogP contribution in [-0.2, 0) is 0 Å². The third-order valence-electron chi connectivity index (χ3n) is 2.68. The quantitative estimate of drug-likeness (QED) is 0.575. The van der Waals surface area contributed by atoms with Crippen LogP contribution < -0.4 is 5.56 Å². The molecule has 0 aliphatic heterocycles. The van der Waals surface area contributed by atoms with Gasteiger partial charge in [-0.3, -0.25) is 0 Å². The number of aromatic nitrogens is 4. The van der Waals surface area contributed by atoms with E-state index in [4.69, 9.17) is 0 Å². The fourth-order valence-corrected chi connectivity index (χ4v) is 4.46. The molecule has 0 aliphatic rings. The number of rotatable bonds is 4. The second kappa shape index (κ2) is 5.60. The van der Waals surface area contributed by atoms with Gasteiger partial charge in [0, 0.05) is 0 Å². The maximum atomic E-state index is 12.3. The van der Waals surface area contributed by atoms with Gasteiger partial charge in [0.15, 0.2) is 0 Å². The van der Waals surface area contributed by atoms with E-state index in [0.29, 0.717) is 17.0 Å². The third kappa shape index (κ3) is 2.61. The second-order valence-corrected chi connectivity index (χ2v) is 7.89. The monoisotopic (exact) mass is 354 g/mol. The van der Waals surface area contributed by atoms with Crippen molar-refractivity contribution in [1.29, 1.82) is 0 Å². The van der Waals surface area contributed by atoms with Crippen LogP contribution in [0.15, 0.2) is 34.2 Å². The molecule has 0 fully saturated rings. The van der Waals surface area contributed by atoms with Crippen LogP contribution in [0.1, 0.15) is 13.8 Å². The third-order valence-corrected chi connectivity index (χ3v) is 6.21. The molecular formula is C13H14N4OSSe. The zero-order valence-electron chi connectivity index (χ0n) is 11.2. The second-order valence-electron chi connectivity index (χ2n) is 4.83. The van der Waals surface area contributed by atoms with Gasteiger partial charge in [0.2, 0.25) is 0 Å². The van der Waals surface area contributed by atoms with Crippen LogP contribution >= 0.6 is 11.8 Å². The Morgan fingerprint density at radius 2 is 2.20 bits per heavy atom. The first-order chi connectivity index (χ1) is 9.65. The number of thioether (sulfide) groups is 1. The molecule has 0 atom stereocenters. The summed E-state index contributed by atoms with van der Waals surface area (Å²) >= 11 is 1.55. The summed E-state index contributed by atoms with van der Waals surface area (Å²) in [6.45, 7) is 4.31. The molecule has 1 N–H and O–H groups in total. The Morgan fingerprint density at radius 3 is 2.95 bits per heavy atom. The van der Waals surface area contributed by atoms with Gasteiger partial charge >= 0.3 is 126 Å². The molecule has 0 saturated heterocycles. The van der Waals surface area contributed by atoms with Crippen LogP contribution in [-0.4, -0.2) is 39.2 Å². The van der Waals surface area contributed by atoms with E-state index in [0.717, 1.165) is 15.4 Å². The van der Waals surface area contributed by atoms with E-state index in [1.807, 2.05) is 24.3 Å². The van der Waals surface area contributed by atoms with Crippen LogP contribution in [0.5, 0.6) is 0 Å². The zero-order valence-corrected chi connectivity index (χ0v) is 13.7. The van der Waals surface area contributed by atoms with Gasteiger partial charge in [-0.25, -0.2) is 0 Å². The summed E-state index contributed by atoms with van der Waals surface area (Å²) in [4.78, 5) is 16.7. The average molecular weight is 353 g/mol. The molecule has 104 valence electrons. The molecule has 5 nitrogen and oxygen atoms in total. The van der Waals surface area contributed by atoms with Crippen molar-refractivity contribution in [2.45, 2.75) is 19.0 Å². The summed E-state index contributed by atoms with van der Waals surface area (Å²) < 4.78 is 2.79. The summed E-state index contributed by atoms with van der Waals surface area (Å²) in [6.07, 6.45) is 0. The van der Waals surface area contributed by atoms with Crippen molar-refractivity contribution >= 4 is 36.1 Å². The summed E-state index contributed by atoms with van der Waals surface area (Å²) in [5.74, 6) is 2.11. The molecule has 1 aromatic carbocycles. The molecule has 0 radical (unpaired) electrons. The van der Waals surface area contributed by atoms with Gasteiger partial charge in [-0.1, -0.05) is 0 Å². The van der Waals surface area contributed by atoms with E-state index < -0.39 is 0 Å². The molecule has 3 aromatic rings. The first-order valence-corrected chi connectivity index (χ1v) is 8.92. The molecule has 0 bridgehead atoms.